The van der Waals surface area contributed by atoms with Gasteiger partial charge >= 0.3 is 0 Å². The number of amides is 1. The monoisotopic (exact) mass is 280 g/mol. The van der Waals surface area contributed by atoms with Crippen molar-refractivity contribution in [3.63, 3.8) is 0 Å². The zero-order valence-electron chi connectivity index (χ0n) is 12.0. The van der Waals surface area contributed by atoms with Crippen LogP contribution in [0.25, 0.3) is 0 Å². The maximum atomic E-state index is 11.2. The van der Waals surface area contributed by atoms with Crippen molar-refractivity contribution in [1.82, 2.24) is 10.6 Å². The fraction of sp³-hybridized carbons (Fsp3) is 0.500. The number of hydrogen-bond donors (Lipinski definition) is 2. The first-order chi connectivity index (χ1) is 9.69. The lowest BCUT2D eigenvalue weighted by atomic mass is 10.1. The van der Waals surface area contributed by atoms with E-state index in [1.54, 1.807) is 21.3 Å². The van der Waals surface area contributed by atoms with Crippen molar-refractivity contribution in [3.8, 4) is 17.2 Å². The van der Waals surface area contributed by atoms with Crippen molar-refractivity contribution in [2.45, 2.75) is 19.0 Å². The summed E-state index contributed by atoms with van der Waals surface area (Å²) in [5.41, 5.74) is 0.962. The summed E-state index contributed by atoms with van der Waals surface area (Å²) in [6.45, 7) is 1.26. The molecule has 6 heteroatoms. The molecule has 2 rings (SSSR count). The molecule has 1 amide bonds. The summed E-state index contributed by atoms with van der Waals surface area (Å²) in [5.74, 6) is 1.94. The standard InChI is InChI=1S/C14H20N2O4/c1-18-11-5-4-9(13(19-2)14(11)20-3)7-15-10-6-12(17)16-8-10/h4-5,10,15H,6-8H2,1-3H3,(H,16,17). The molecule has 1 aliphatic heterocycles. The predicted octanol–water partition coefficient (Wildman–Crippen LogP) is 0.690. The average Bonchev–Trinajstić information content (AvgIpc) is 2.89. The number of ether oxygens (including phenoxy) is 3. The van der Waals surface area contributed by atoms with Crippen LogP contribution in [0.1, 0.15) is 12.0 Å². The molecule has 0 bridgehead atoms. The fourth-order valence-corrected chi connectivity index (χ4v) is 2.31. The van der Waals surface area contributed by atoms with E-state index in [1.807, 2.05) is 12.1 Å². The smallest absolute Gasteiger partial charge is 0.221 e. The number of carbonyl (C=O) groups excluding carboxylic acids is 1. The van der Waals surface area contributed by atoms with Gasteiger partial charge in [-0.25, -0.2) is 0 Å². The van der Waals surface area contributed by atoms with Crippen LogP contribution in [-0.4, -0.2) is 39.8 Å². The van der Waals surface area contributed by atoms with E-state index in [1.165, 1.54) is 0 Å². The summed E-state index contributed by atoms with van der Waals surface area (Å²) in [6, 6.07) is 3.92. The van der Waals surface area contributed by atoms with Crippen LogP contribution in [0.4, 0.5) is 0 Å². The summed E-state index contributed by atoms with van der Waals surface area (Å²) in [5, 5.41) is 6.13. The van der Waals surface area contributed by atoms with E-state index in [-0.39, 0.29) is 11.9 Å². The van der Waals surface area contributed by atoms with Gasteiger partial charge in [0.25, 0.3) is 0 Å². The lowest BCUT2D eigenvalue weighted by Crippen LogP contribution is -2.30. The molecule has 1 aromatic carbocycles. The van der Waals surface area contributed by atoms with Gasteiger partial charge in [0.1, 0.15) is 0 Å². The largest absolute Gasteiger partial charge is 0.493 e. The van der Waals surface area contributed by atoms with Crippen LogP contribution in [-0.2, 0) is 11.3 Å². The van der Waals surface area contributed by atoms with E-state index >= 15 is 0 Å². The molecule has 0 aliphatic carbocycles. The minimum Gasteiger partial charge on any atom is -0.493 e. The quantitative estimate of drug-likeness (QED) is 0.802. The zero-order valence-corrected chi connectivity index (χ0v) is 12.0. The molecule has 0 radical (unpaired) electrons. The highest BCUT2D eigenvalue weighted by Crippen LogP contribution is 2.39. The molecule has 6 nitrogen and oxygen atoms in total. The molecule has 110 valence electrons. The summed E-state index contributed by atoms with van der Waals surface area (Å²) in [7, 11) is 4.77. The van der Waals surface area contributed by atoms with Crippen LogP contribution in [0.15, 0.2) is 12.1 Å². The van der Waals surface area contributed by atoms with Crippen molar-refractivity contribution >= 4 is 5.91 Å². The van der Waals surface area contributed by atoms with Crippen LogP contribution in [0.2, 0.25) is 0 Å². The van der Waals surface area contributed by atoms with Gasteiger partial charge in [-0.2, -0.15) is 0 Å². The van der Waals surface area contributed by atoms with Gasteiger partial charge in [-0.05, 0) is 6.07 Å². The number of hydrogen-bond acceptors (Lipinski definition) is 5. The van der Waals surface area contributed by atoms with E-state index in [4.69, 9.17) is 14.2 Å². The Labute approximate surface area is 118 Å². The van der Waals surface area contributed by atoms with Gasteiger partial charge in [-0.3, -0.25) is 4.79 Å². The van der Waals surface area contributed by atoms with Gasteiger partial charge in [-0.1, -0.05) is 6.07 Å². The average molecular weight is 280 g/mol. The summed E-state index contributed by atoms with van der Waals surface area (Å²) < 4.78 is 16.0. The molecule has 0 spiro atoms. The van der Waals surface area contributed by atoms with Crippen molar-refractivity contribution in [2.75, 3.05) is 27.9 Å². The van der Waals surface area contributed by atoms with Crippen molar-refractivity contribution < 1.29 is 19.0 Å². The Kier molecular flexibility index (Phi) is 4.68. The van der Waals surface area contributed by atoms with E-state index < -0.39 is 0 Å². The van der Waals surface area contributed by atoms with Crippen molar-refractivity contribution in [2.24, 2.45) is 0 Å². The molecule has 1 aliphatic rings. The van der Waals surface area contributed by atoms with Gasteiger partial charge in [-0.15, -0.1) is 0 Å². The van der Waals surface area contributed by atoms with Crippen LogP contribution in [0.5, 0.6) is 17.2 Å². The van der Waals surface area contributed by atoms with E-state index in [2.05, 4.69) is 10.6 Å². The van der Waals surface area contributed by atoms with Crippen molar-refractivity contribution in [1.29, 1.82) is 0 Å². The SMILES string of the molecule is COc1ccc(CNC2CNC(=O)C2)c(OC)c1OC. The maximum absolute atomic E-state index is 11.2. The van der Waals surface area contributed by atoms with E-state index in [0.29, 0.717) is 36.8 Å². The Morgan fingerprint density at radius 1 is 1.20 bits per heavy atom. The Hall–Kier alpha value is -1.95. The van der Waals surface area contributed by atoms with Crippen LogP contribution in [0.3, 0.4) is 0 Å². The highest BCUT2D eigenvalue weighted by atomic mass is 16.5. The molecule has 20 heavy (non-hydrogen) atoms. The number of methoxy groups -OCH3 is 3. The molecule has 1 aromatic rings. The van der Waals surface area contributed by atoms with Gasteiger partial charge in [0, 0.05) is 31.1 Å². The number of carbonyl (C=O) groups is 1. The highest BCUT2D eigenvalue weighted by molar-refractivity contribution is 5.78. The Balaban J connectivity index is 2.12. The van der Waals surface area contributed by atoms with Crippen LogP contribution in [0, 0.1) is 0 Å². The fourth-order valence-electron chi connectivity index (χ4n) is 2.31. The first kappa shape index (κ1) is 14.5. The molecule has 0 aromatic heterocycles. The normalized spacial score (nSPS) is 17.8. The molecule has 0 saturated carbocycles. The molecular weight excluding hydrogens is 260 g/mol. The molecule has 1 fully saturated rings. The number of benzene rings is 1. The zero-order chi connectivity index (χ0) is 14.5. The van der Waals surface area contributed by atoms with Crippen LogP contribution < -0.4 is 24.8 Å². The third-order valence-electron chi connectivity index (χ3n) is 3.34. The maximum Gasteiger partial charge on any atom is 0.221 e. The molecular formula is C14H20N2O4. The topological polar surface area (TPSA) is 68.8 Å². The minimum absolute atomic E-state index is 0.0850. The third kappa shape index (κ3) is 2.96. The Morgan fingerprint density at radius 3 is 2.50 bits per heavy atom. The summed E-state index contributed by atoms with van der Waals surface area (Å²) in [4.78, 5) is 11.2. The molecule has 2 N–H and O–H groups in total. The number of rotatable bonds is 6. The highest BCUT2D eigenvalue weighted by Gasteiger charge is 2.22. The van der Waals surface area contributed by atoms with Gasteiger partial charge < -0.3 is 24.8 Å². The lowest BCUT2D eigenvalue weighted by Gasteiger charge is -2.17. The number of nitrogens with one attached hydrogen (secondary N) is 2. The second-order valence-corrected chi connectivity index (χ2v) is 4.58. The van der Waals surface area contributed by atoms with Gasteiger partial charge in [0.2, 0.25) is 11.7 Å². The Bertz CT molecular complexity index is 490. The third-order valence-corrected chi connectivity index (χ3v) is 3.34. The molecule has 1 saturated heterocycles. The molecule has 1 atom stereocenters. The molecule has 1 heterocycles. The van der Waals surface area contributed by atoms with Gasteiger partial charge in [0.15, 0.2) is 11.5 Å². The van der Waals surface area contributed by atoms with Gasteiger partial charge in [0.05, 0.1) is 21.3 Å². The summed E-state index contributed by atoms with van der Waals surface area (Å²) in [6.07, 6.45) is 0.510. The van der Waals surface area contributed by atoms with Crippen LogP contribution >= 0.6 is 0 Å². The second kappa shape index (κ2) is 6.47. The Morgan fingerprint density at radius 2 is 1.95 bits per heavy atom. The summed E-state index contributed by atoms with van der Waals surface area (Å²) >= 11 is 0. The second-order valence-electron chi connectivity index (χ2n) is 4.58. The lowest BCUT2D eigenvalue weighted by molar-refractivity contribution is -0.119. The first-order valence-corrected chi connectivity index (χ1v) is 6.47. The molecule has 1 unspecified atom stereocenters. The first-order valence-electron chi connectivity index (χ1n) is 6.47. The minimum atomic E-state index is 0.0850. The predicted molar refractivity (Wildman–Crippen MR) is 74.4 cm³/mol. The van der Waals surface area contributed by atoms with E-state index in [9.17, 15) is 4.79 Å². The van der Waals surface area contributed by atoms with Crippen molar-refractivity contribution in [3.05, 3.63) is 17.7 Å². The van der Waals surface area contributed by atoms with E-state index in [0.717, 1.165) is 5.56 Å².